The normalized spacial score (nSPS) is 11.1. The first-order valence-corrected chi connectivity index (χ1v) is 7.81. The molecule has 2 rings (SSSR count). The van der Waals surface area contributed by atoms with Crippen LogP contribution in [-0.2, 0) is 10.0 Å². The molecule has 1 aromatic heterocycles. The van der Waals surface area contributed by atoms with Gasteiger partial charge in [-0.1, -0.05) is 29.9 Å². The summed E-state index contributed by atoms with van der Waals surface area (Å²) in [5, 5.41) is -0.183. The molecule has 0 aliphatic rings. The van der Waals surface area contributed by atoms with Gasteiger partial charge in [0, 0.05) is 6.20 Å². The molecule has 0 bridgehead atoms. The smallest absolute Gasteiger partial charge is 0.263 e. The second kappa shape index (κ2) is 5.92. The molecule has 9 heteroatoms. The molecule has 0 saturated heterocycles. The van der Waals surface area contributed by atoms with E-state index in [4.69, 9.17) is 29.6 Å². The van der Waals surface area contributed by atoms with Crippen molar-refractivity contribution >= 4 is 44.5 Å². The lowest BCUT2D eigenvalue weighted by molar-refractivity contribution is 0.598. The highest BCUT2D eigenvalue weighted by atomic mass is 35.5. The van der Waals surface area contributed by atoms with Gasteiger partial charge in [-0.25, -0.2) is 12.8 Å². The summed E-state index contributed by atoms with van der Waals surface area (Å²) in [6, 6.07) is 6.64. The Kier molecular flexibility index (Phi) is 4.40. The molecule has 1 heterocycles. The lowest BCUT2D eigenvalue weighted by Gasteiger charge is -2.09. The third kappa shape index (κ3) is 3.46. The Balaban J connectivity index is 2.34. The second-order valence-corrected chi connectivity index (χ2v) is 6.48. The van der Waals surface area contributed by atoms with Crippen LogP contribution in [0.2, 0.25) is 5.02 Å². The zero-order valence-corrected chi connectivity index (χ0v) is 12.8. The van der Waals surface area contributed by atoms with Crippen LogP contribution in [0.25, 0.3) is 0 Å². The number of hydrogen-bond donors (Lipinski definition) is 2. The van der Waals surface area contributed by atoms with Crippen molar-refractivity contribution in [2.75, 3.05) is 4.72 Å². The van der Waals surface area contributed by atoms with Crippen molar-refractivity contribution in [1.82, 2.24) is 4.98 Å². The molecule has 0 amide bonds. The van der Waals surface area contributed by atoms with Gasteiger partial charge in [-0.05, 0) is 24.3 Å². The summed E-state index contributed by atoms with van der Waals surface area (Å²) < 4.78 is 40.1. The molecule has 0 aliphatic heterocycles. The number of hydrogen-bond acceptors (Lipinski definition) is 4. The van der Waals surface area contributed by atoms with Crippen LogP contribution in [-0.4, -0.2) is 18.4 Å². The lowest BCUT2D eigenvalue weighted by atomic mass is 10.3. The van der Waals surface area contributed by atoms with Crippen molar-refractivity contribution in [2.24, 2.45) is 5.73 Å². The number of aromatic nitrogens is 1. The van der Waals surface area contributed by atoms with Crippen molar-refractivity contribution in [3.05, 3.63) is 53.1 Å². The molecule has 0 radical (unpaired) electrons. The average molecular weight is 346 g/mol. The van der Waals surface area contributed by atoms with Crippen molar-refractivity contribution in [1.29, 1.82) is 0 Å². The van der Waals surface area contributed by atoms with Crippen molar-refractivity contribution < 1.29 is 12.8 Å². The van der Waals surface area contributed by atoms with E-state index in [0.29, 0.717) is 0 Å². The van der Waals surface area contributed by atoms with Gasteiger partial charge in [0.15, 0.2) is 5.82 Å². The Labute approximate surface area is 131 Å². The molecule has 2 aromatic rings. The maximum absolute atomic E-state index is 13.7. The second-order valence-electron chi connectivity index (χ2n) is 3.95. The van der Waals surface area contributed by atoms with E-state index in [9.17, 15) is 12.8 Å². The summed E-state index contributed by atoms with van der Waals surface area (Å²) >= 11 is 10.3. The van der Waals surface area contributed by atoms with E-state index in [-0.39, 0.29) is 26.3 Å². The number of thiocarbonyl (C=S) groups is 1. The summed E-state index contributed by atoms with van der Waals surface area (Å²) in [5.41, 5.74) is 5.41. The third-order valence-corrected chi connectivity index (χ3v) is 4.35. The maximum Gasteiger partial charge on any atom is 0.263 e. The largest absolute Gasteiger partial charge is 0.388 e. The number of halogens is 2. The van der Waals surface area contributed by atoms with Crippen LogP contribution >= 0.6 is 23.8 Å². The molecule has 21 heavy (non-hydrogen) atoms. The molecule has 110 valence electrons. The number of nitrogens with two attached hydrogens (primary N) is 1. The van der Waals surface area contributed by atoms with Gasteiger partial charge in [0.2, 0.25) is 0 Å². The van der Waals surface area contributed by atoms with Gasteiger partial charge >= 0.3 is 0 Å². The number of benzene rings is 1. The van der Waals surface area contributed by atoms with Crippen LogP contribution in [0.1, 0.15) is 5.69 Å². The average Bonchev–Trinajstić information content (AvgIpc) is 2.44. The quantitative estimate of drug-likeness (QED) is 0.830. The fraction of sp³-hybridized carbons (Fsp3) is 0. The lowest BCUT2D eigenvalue weighted by Crippen LogP contribution is -2.16. The molecule has 0 atom stereocenters. The molecule has 0 unspecified atom stereocenters. The van der Waals surface area contributed by atoms with Gasteiger partial charge in [-0.3, -0.25) is 9.71 Å². The fourth-order valence-electron chi connectivity index (χ4n) is 1.47. The van der Waals surface area contributed by atoms with Crippen LogP contribution in [0.3, 0.4) is 0 Å². The minimum absolute atomic E-state index is 0.0489. The Hall–Kier alpha value is -1.77. The van der Waals surface area contributed by atoms with E-state index >= 15 is 0 Å². The molecular weight excluding hydrogens is 337 g/mol. The molecule has 0 saturated carbocycles. The van der Waals surface area contributed by atoms with E-state index < -0.39 is 15.8 Å². The van der Waals surface area contributed by atoms with Crippen LogP contribution in [0.15, 0.2) is 41.4 Å². The zero-order chi connectivity index (χ0) is 15.6. The van der Waals surface area contributed by atoms with Gasteiger partial charge in [0.05, 0.1) is 16.4 Å². The van der Waals surface area contributed by atoms with Gasteiger partial charge in [-0.15, -0.1) is 0 Å². The van der Waals surface area contributed by atoms with Crippen LogP contribution in [0, 0.1) is 5.82 Å². The number of rotatable bonds is 4. The summed E-state index contributed by atoms with van der Waals surface area (Å²) in [6.45, 7) is 0. The minimum atomic E-state index is -3.99. The SMILES string of the molecule is NC(=S)c1ccc(S(=O)(=O)Nc2cccc(Cl)c2F)cn1. The Morgan fingerprint density at radius 2 is 2.05 bits per heavy atom. The Morgan fingerprint density at radius 3 is 2.62 bits per heavy atom. The molecule has 3 N–H and O–H groups in total. The fourth-order valence-corrected chi connectivity index (χ4v) is 2.77. The predicted molar refractivity (Wildman–Crippen MR) is 82.3 cm³/mol. The highest BCUT2D eigenvalue weighted by molar-refractivity contribution is 7.92. The number of anilines is 1. The number of nitrogens with one attached hydrogen (secondary N) is 1. The first-order valence-electron chi connectivity index (χ1n) is 5.54. The highest BCUT2D eigenvalue weighted by Crippen LogP contribution is 2.24. The summed E-state index contributed by atoms with van der Waals surface area (Å²) in [6.07, 6.45) is 1.08. The Morgan fingerprint density at radius 1 is 1.33 bits per heavy atom. The van der Waals surface area contributed by atoms with Gasteiger partial charge in [0.1, 0.15) is 9.88 Å². The third-order valence-electron chi connectivity index (χ3n) is 2.50. The minimum Gasteiger partial charge on any atom is -0.388 e. The van der Waals surface area contributed by atoms with E-state index in [0.717, 1.165) is 6.20 Å². The van der Waals surface area contributed by atoms with E-state index in [1.54, 1.807) is 0 Å². The topological polar surface area (TPSA) is 85.1 Å². The molecular formula is C12H9ClFN3O2S2. The zero-order valence-electron chi connectivity index (χ0n) is 10.4. The number of nitrogens with zero attached hydrogens (tertiary/aromatic N) is 1. The number of sulfonamides is 1. The van der Waals surface area contributed by atoms with Crippen molar-refractivity contribution in [3.8, 4) is 0 Å². The van der Waals surface area contributed by atoms with Crippen LogP contribution < -0.4 is 10.5 Å². The summed E-state index contributed by atoms with van der Waals surface area (Å²) in [4.78, 5) is 3.72. The number of pyridine rings is 1. The molecule has 0 spiro atoms. The van der Waals surface area contributed by atoms with Gasteiger partial charge in [0.25, 0.3) is 10.0 Å². The predicted octanol–water partition coefficient (Wildman–Crippen LogP) is 2.31. The molecule has 0 aliphatic carbocycles. The standard InChI is InChI=1S/C12H9ClFN3O2S2/c13-8-2-1-3-9(11(8)14)17-21(18,19)7-4-5-10(12(15)20)16-6-7/h1-6,17H,(H2,15,20). The van der Waals surface area contributed by atoms with Gasteiger partial charge in [-0.2, -0.15) is 0 Å². The summed E-state index contributed by atoms with van der Waals surface area (Å²) in [7, 11) is -3.99. The van der Waals surface area contributed by atoms with Crippen LogP contribution in [0.4, 0.5) is 10.1 Å². The Bertz CT molecular complexity index is 795. The maximum atomic E-state index is 13.7. The van der Waals surface area contributed by atoms with E-state index in [1.807, 2.05) is 0 Å². The first-order chi connectivity index (χ1) is 9.81. The molecule has 0 fully saturated rings. The van der Waals surface area contributed by atoms with E-state index in [1.165, 1.54) is 30.3 Å². The summed E-state index contributed by atoms with van der Waals surface area (Å²) in [5.74, 6) is -0.851. The monoisotopic (exact) mass is 345 g/mol. The highest BCUT2D eigenvalue weighted by Gasteiger charge is 2.18. The van der Waals surface area contributed by atoms with Crippen molar-refractivity contribution in [3.63, 3.8) is 0 Å². The molecule has 5 nitrogen and oxygen atoms in total. The van der Waals surface area contributed by atoms with E-state index in [2.05, 4.69) is 9.71 Å². The van der Waals surface area contributed by atoms with Crippen molar-refractivity contribution in [2.45, 2.75) is 4.90 Å². The van der Waals surface area contributed by atoms with Crippen LogP contribution in [0.5, 0.6) is 0 Å². The molecule has 1 aromatic carbocycles. The van der Waals surface area contributed by atoms with Gasteiger partial charge < -0.3 is 5.73 Å². The first kappa shape index (κ1) is 15.6.